The van der Waals surface area contributed by atoms with Gasteiger partial charge in [0.05, 0.1) is 0 Å². The number of unbranched alkanes of at least 4 members (excludes halogenated alkanes) is 6. The third kappa shape index (κ3) is 13.4. The Balaban J connectivity index is 2.85. The fourth-order valence-corrected chi connectivity index (χ4v) is 1.56. The Morgan fingerprint density at radius 3 is 2.19 bits per heavy atom. The molecule has 0 aliphatic carbocycles. The number of nitrogens with one attached hydrogen (secondary N) is 1. The summed E-state index contributed by atoms with van der Waals surface area (Å²) >= 11 is 0. The molecule has 0 rings (SSSR count). The van der Waals surface area contributed by atoms with Crippen LogP contribution in [0.15, 0.2) is 0 Å². The molecule has 0 heterocycles. The summed E-state index contributed by atoms with van der Waals surface area (Å²) in [5.41, 5.74) is 0. The predicted octanol–water partition coefficient (Wildman–Crippen LogP) is 2.80. The van der Waals surface area contributed by atoms with Crippen molar-refractivity contribution in [3.05, 3.63) is 0 Å². The first-order valence-electron chi connectivity index (χ1n) is 6.59. The standard InChI is InChI=1S/C13H26NO2/c1-2-3-4-8-11-16-12-9-6-5-7-10-14-13-15/h2-12H2,1H3,(H,14,15). The summed E-state index contributed by atoms with van der Waals surface area (Å²) in [4.78, 5) is 9.83. The van der Waals surface area contributed by atoms with E-state index in [0.717, 1.165) is 39.0 Å². The minimum Gasteiger partial charge on any atom is -0.381 e. The number of amides is 1. The molecule has 95 valence electrons. The third-order valence-corrected chi connectivity index (χ3v) is 2.55. The average Bonchev–Trinajstić information content (AvgIpc) is 2.31. The number of carbonyl (C=O) groups excluding carboxylic acids is 1. The highest BCUT2D eigenvalue weighted by Crippen LogP contribution is 2.01. The molecule has 0 unspecified atom stereocenters. The number of hydrogen-bond donors (Lipinski definition) is 1. The van der Waals surface area contributed by atoms with Crippen LogP contribution in [0.4, 0.5) is 0 Å². The van der Waals surface area contributed by atoms with E-state index in [0.29, 0.717) is 0 Å². The monoisotopic (exact) mass is 228 g/mol. The average molecular weight is 228 g/mol. The Hall–Kier alpha value is -0.570. The zero-order chi connectivity index (χ0) is 11.9. The minimum atomic E-state index is 0.751. The molecule has 0 saturated heterocycles. The highest BCUT2D eigenvalue weighted by atomic mass is 16.5. The predicted molar refractivity (Wildman–Crippen MR) is 67.1 cm³/mol. The zero-order valence-corrected chi connectivity index (χ0v) is 10.6. The summed E-state index contributed by atoms with van der Waals surface area (Å²) < 4.78 is 5.53. The summed E-state index contributed by atoms with van der Waals surface area (Å²) in [7, 11) is 0. The SMILES string of the molecule is CCCCCCOCCCCCCN[C]=O. The van der Waals surface area contributed by atoms with E-state index in [2.05, 4.69) is 12.2 Å². The van der Waals surface area contributed by atoms with Crippen LogP contribution in [-0.2, 0) is 9.53 Å². The topological polar surface area (TPSA) is 38.3 Å². The van der Waals surface area contributed by atoms with Gasteiger partial charge in [0, 0.05) is 19.8 Å². The van der Waals surface area contributed by atoms with Crippen molar-refractivity contribution < 1.29 is 9.53 Å². The lowest BCUT2D eigenvalue weighted by atomic mass is 10.2. The van der Waals surface area contributed by atoms with E-state index < -0.39 is 0 Å². The largest absolute Gasteiger partial charge is 0.381 e. The summed E-state index contributed by atoms with van der Waals surface area (Å²) in [6.07, 6.45) is 11.3. The van der Waals surface area contributed by atoms with Crippen molar-refractivity contribution in [2.75, 3.05) is 19.8 Å². The van der Waals surface area contributed by atoms with Crippen LogP contribution in [-0.4, -0.2) is 26.2 Å². The smallest absolute Gasteiger partial charge is 0.309 e. The van der Waals surface area contributed by atoms with Crippen molar-refractivity contribution >= 4 is 6.41 Å². The van der Waals surface area contributed by atoms with Crippen LogP contribution in [0.3, 0.4) is 0 Å². The van der Waals surface area contributed by atoms with E-state index in [4.69, 9.17) is 4.74 Å². The molecule has 0 aromatic carbocycles. The van der Waals surface area contributed by atoms with Crippen molar-refractivity contribution in [2.24, 2.45) is 0 Å². The van der Waals surface area contributed by atoms with Gasteiger partial charge in [0.1, 0.15) is 0 Å². The lowest BCUT2D eigenvalue weighted by Crippen LogP contribution is -2.11. The van der Waals surface area contributed by atoms with Gasteiger partial charge in [0.25, 0.3) is 0 Å². The second-order valence-corrected chi connectivity index (χ2v) is 4.12. The zero-order valence-electron chi connectivity index (χ0n) is 10.6. The minimum absolute atomic E-state index is 0.751. The van der Waals surface area contributed by atoms with Crippen molar-refractivity contribution in [2.45, 2.75) is 58.3 Å². The quantitative estimate of drug-likeness (QED) is 0.389. The van der Waals surface area contributed by atoms with Crippen LogP contribution in [0.1, 0.15) is 58.3 Å². The maximum atomic E-state index is 9.83. The van der Waals surface area contributed by atoms with Gasteiger partial charge in [-0.05, 0) is 19.3 Å². The van der Waals surface area contributed by atoms with Gasteiger partial charge in [-0.2, -0.15) is 0 Å². The molecule has 0 atom stereocenters. The Labute approximate surface area is 99.9 Å². The molecule has 3 nitrogen and oxygen atoms in total. The van der Waals surface area contributed by atoms with Crippen molar-refractivity contribution in [1.82, 2.24) is 5.32 Å². The van der Waals surface area contributed by atoms with Crippen molar-refractivity contribution in [1.29, 1.82) is 0 Å². The summed E-state index contributed by atoms with van der Waals surface area (Å²) in [6.45, 7) is 4.78. The Morgan fingerprint density at radius 2 is 1.56 bits per heavy atom. The van der Waals surface area contributed by atoms with Crippen LogP contribution in [0.5, 0.6) is 0 Å². The van der Waals surface area contributed by atoms with Gasteiger partial charge in [-0.15, -0.1) is 0 Å². The molecule has 0 saturated carbocycles. The Bertz CT molecular complexity index is 140. The van der Waals surface area contributed by atoms with E-state index in [9.17, 15) is 4.79 Å². The molecule has 0 spiro atoms. The molecular weight excluding hydrogens is 202 g/mol. The molecular formula is C13H26NO2. The van der Waals surface area contributed by atoms with Crippen LogP contribution >= 0.6 is 0 Å². The van der Waals surface area contributed by atoms with E-state index >= 15 is 0 Å². The molecule has 0 aliphatic heterocycles. The van der Waals surface area contributed by atoms with Crippen LogP contribution < -0.4 is 5.32 Å². The van der Waals surface area contributed by atoms with Gasteiger partial charge < -0.3 is 10.1 Å². The number of hydrogen-bond acceptors (Lipinski definition) is 2. The van der Waals surface area contributed by atoms with Crippen molar-refractivity contribution in [3.8, 4) is 0 Å². The molecule has 0 bridgehead atoms. The molecule has 1 amide bonds. The van der Waals surface area contributed by atoms with Crippen LogP contribution in [0.2, 0.25) is 0 Å². The lowest BCUT2D eigenvalue weighted by Gasteiger charge is -2.04. The molecule has 1 N–H and O–H groups in total. The first-order valence-corrected chi connectivity index (χ1v) is 6.59. The normalized spacial score (nSPS) is 10.3. The fourth-order valence-electron chi connectivity index (χ4n) is 1.56. The number of rotatable bonds is 13. The molecule has 0 aliphatic rings. The second kappa shape index (κ2) is 14.4. The molecule has 0 aromatic rings. The van der Waals surface area contributed by atoms with E-state index in [1.165, 1.54) is 32.1 Å². The van der Waals surface area contributed by atoms with Crippen molar-refractivity contribution in [3.63, 3.8) is 0 Å². The summed E-state index contributed by atoms with van der Waals surface area (Å²) in [5, 5.41) is 2.54. The lowest BCUT2D eigenvalue weighted by molar-refractivity contribution is 0.126. The summed E-state index contributed by atoms with van der Waals surface area (Å²) in [5.74, 6) is 0. The van der Waals surface area contributed by atoms with Gasteiger partial charge >= 0.3 is 6.41 Å². The molecule has 1 radical (unpaired) electrons. The van der Waals surface area contributed by atoms with Gasteiger partial charge in [-0.3, -0.25) is 4.79 Å². The third-order valence-electron chi connectivity index (χ3n) is 2.55. The van der Waals surface area contributed by atoms with E-state index in [-0.39, 0.29) is 0 Å². The Kier molecular flexibility index (Phi) is 13.9. The second-order valence-electron chi connectivity index (χ2n) is 4.12. The van der Waals surface area contributed by atoms with Crippen LogP contribution in [0, 0.1) is 0 Å². The number of ether oxygens (including phenoxy) is 1. The fraction of sp³-hybridized carbons (Fsp3) is 0.923. The highest BCUT2D eigenvalue weighted by molar-refractivity contribution is 5.46. The molecule has 3 heteroatoms. The first kappa shape index (κ1) is 15.4. The molecule has 0 fully saturated rings. The van der Waals surface area contributed by atoms with Crippen LogP contribution in [0.25, 0.3) is 0 Å². The highest BCUT2D eigenvalue weighted by Gasteiger charge is 1.92. The molecule has 0 aromatic heterocycles. The molecule has 16 heavy (non-hydrogen) atoms. The van der Waals surface area contributed by atoms with Gasteiger partial charge in [0.15, 0.2) is 0 Å². The Morgan fingerprint density at radius 1 is 0.938 bits per heavy atom. The van der Waals surface area contributed by atoms with Gasteiger partial charge in [0.2, 0.25) is 0 Å². The van der Waals surface area contributed by atoms with E-state index in [1.807, 2.05) is 0 Å². The van der Waals surface area contributed by atoms with Gasteiger partial charge in [-0.1, -0.05) is 39.0 Å². The van der Waals surface area contributed by atoms with Gasteiger partial charge in [-0.25, -0.2) is 0 Å². The van der Waals surface area contributed by atoms with E-state index in [1.54, 1.807) is 6.41 Å². The first-order chi connectivity index (χ1) is 7.91. The summed E-state index contributed by atoms with van der Waals surface area (Å²) in [6, 6.07) is 0. The maximum absolute atomic E-state index is 9.83. The maximum Gasteiger partial charge on any atom is 0.309 e.